The largest absolute Gasteiger partial charge is 0.473 e. The number of hydrazone groups is 1. The molecule has 94 valence electrons. The minimum Gasteiger partial charge on any atom is -0.427 e. The van der Waals surface area contributed by atoms with E-state index in [9.17, 15) is 5.02 Å². The number of nitrogens with one attached hydrogen (secondary N) is 1. The number of thiocarbonyl (C=S) groups is 1. The van der Waals surface area contributed by atoms with E-state index >= 15 is 0 Å². The van der Waals surface area contributed by atoms with Crippen molar-refractivity contribution in [3.8, 4) is 0 Å². The highest BCUT2D eigenvalue weighted by Crippen LogP contribution is 2.12. The van der Waals surface area contributed by atoms with Crippen molar-refractivity contribution < 1.29 is 9.76 Å². The smallest absolute Gasteiger partial charge is 0.427 e. The molecule has 0 unspecified atom stereocenters. The second-order valence-corrected chi connectivity index (χ2v) is 4.47. The van der Waals surface area contributed by atoms with E-state index in [0.717, 1.165) is 5.56 Å². The lowest BCUT2D eigenvalue weighted by molar-refractivity contribution is 0.190. The van der Waals surface area contributed by atoms with Gasteiger partial charge in [0.15, 0.2) is 5.11 Å². The molecule has 1 heterocycles. The number of hydrogen-bond donors (Lipinski definition) is 2. The summed E-state index contributed by atoms with van der Waals surface area (Å²) in [5.74, 6) is 0. The molecule has 0 atom stereocenters. The normalized spacial score (nSPS) is 13.5. The van der Waals surface area contributed by atoms with Crippen LogP contribution in [0.15, 0.2) is 23.3 Å². The second kappa shape index (κ2) is 5.66. The fraction of sp³-hybridized carbons (Fsp3) is 0.200. The monoisotopic (exact) mass is 283 g/mol. The number of halogens is 1. The van der Waals surface area contributed by atoms with Crippen LogP contribution in [0, 0.1) is 0 Å². The number of nitrogens with zero attached hydrogens (tertiary/aromatic N) is 2. The average molecular weight is 284 g/mol. The first-order chi connectivity index (χ1) is 8.63. The van der Waals surface area contributed by atoms with Crippen LogP contribution in [0.3, 0.4) is 0 Å². The van der Waals surface area contributed by atoms with Gasteiger partial charge in [0, 0.05) is 12.1 Å². The van der Waals surface area contributed by atoms with Crippen LogP contribution in [-0.4, -0.2) is 42.2 Å². The predicted molar refractivity (Wildman–Crippen MR) is 76.1 cm³/mol. The number of ether oxygens (including phenoxy) is 1. The minimum atomic E-state index is -0.931. The van der Waals surface area contributed by atoms with Gasteiger partial charge in [-0.15, -0.1) is 0 Å². The lowest BCUT2D eigenvalue weighted by Gasteiger charge is -2.27. The molecule has 0 radical (unpaired) electrons. The van der Waals surface area contributed by atoms with E-state index in [4.69, 9.17) is 28.6 Å². The van der Waals surface area contributed by atoms with E-state index in [0.29, 0.717) is 15.6 Å². The Morgan fingerprint density at radius 1 is 1.67 bits per heavy atom. The molecule has 2 rings (SSSR count). The van der Waals surface area contributed by atoms with Crippen molar-refractivity contribution in [3.05, 3.63) is 28.8 Å². The van der Waals surface area contributed by atoms with E-state index in [2.05, 4.69) is 10.4 Å². The fourth-order valence-corrected chi connectivity index (χ4v) is 1.98. The Hall–Kier alpha value is -1.15. The maximum absolute atomic E-state index is 10.2. The van der Waals surface area contributed by atoms with Crippen molar-refractivity contribution in [2.45, 2.75) is 0 Å². The molecule has 0 amide bonds. The summed E-state index contributed by atoms with van der Waals surface area (Å²) in [6.45, 7) is 0.255. The predicted octanol–water partition coefficient (Wildman–Crippen LogP) is 0.155. The third-order valence-electron chi connectivity index (χ3n) is 2.46. The van der Waals surface area contributed by atoms with Gasteiger partial charge in [0.1, 0.15) is 6.73 Å². The zero-order valence-corrected chi connectivity index (χ0v) is 11.2. The first kappa shape index (κ1) is 13.3. The Morgan fingerprint density at radius 2 is 2.44 bits per heavy atom. The van der Waals surface area contributed by atoms with Crippen molar-refractivity contribution in [1.29, 1.82) is 0 Å². The van der Waals surface area contributed by atoms with E-state index in [-0.39, 0.29) is 6.73 Å². The van der Waals surface area contributed by atoms with E-state index in [1.54, 1.807) is 31.5 Å². The highest BCUT2D eigenvalue weighted by atomic mass is 35.5. The molecular weight excluding hydrogens is 272 g/mol. The van der Waals surface area contributed by atoms with Crippen LogP contribution in [0.25, 0.3) is 0 Å². The highest BCUT2D eigenvalue weighted by Gasteiger charge is 2.31. The van der Waals surface area contributed by atoms with Crippen LogP contribution in [0.2, 0.25) is 5.02 Å². The Labute approximate surface area is 116 Å². The van der Waals surface area contributed by atoms with Gasteiger partial charge in [0.05, 0.1) is 6.21 Å². The van der Waals surface area contributed by atoms with Crippen molar-refractivity contribution >= 4 is 47.7 Å². The molecule has 0 spiro atoms. The minimum absolute atomic E-state index is 0.255. The molecule has 0 aliphatic carbocycles. The SMILES string of the molecule is COCNC(=S)N1N=Cc2cc(Cl)ccc2B1O. The quantitative estimate of drug-likeness (QED) is 0.460. The number of benzene rings is 1. The zero-order chi connectivity index (χ0) is 13.1. The molecule has 0 aromatic heterocycles. The Balaban J connectivity index is 2.20. The number of hydrogen-bond acceptors (Lipinski definition) is 4. The number of fused-ring (bicyclic) bond motifs is 1. The maximum atomic E-state index is 10.2. The highest BCUT2D eigenvalue weighted by molar-refractivity contribution is 7.80. The van der Waals surface area contributed by atoms with Crippen LogP contribution >= 0.6 is 23.8 Å². The summed E-state index contributed by atoms with van der Waals surface area (Å²) in [4.78, 5) is 1.31. The van der Waals surface area contributed by atoms with Gasteiger partial charge in [-0.3, -0.25) is 4.92 Å². The lowest BCUT2D eigenvalue weighted by Crippen LogP contribution is -2.55. The summed E-state index contributed by atoms with van der Waals surface area (Å²) in [6, 6.07) is 5.21. The first-order valence-corrected chi connectivity index (χ1v) is 5.99. The third-order valence-corrected chi connectivity index (χ3v) is 3.02. The summed E-state index contributed by atoms with van der Waals surface area (Å²) in [7, 11) is 0.613. The molecule has 1 aromatic carbocycles. The standard InChI is InChI=1S/C10H11BClN3O2S/c1-17-6-13-10(18)15-11(16)9-3-2-8(12)4-7(9)5-14-15/h2-5,16H,6H2,1H3,(H,13,18). The molecular formula is C10H11BClN3O2S. The van der Waals surface area contributed by atoms with Crippen LogP contribution in [0.5, 0.6) is 0 Å². The molecule has 18 heavy (non-hydrogen) atoms. The van der Waals surface area contributed by atoms with Crippen LogP contribution < -0.4 is 10.8 Å². The van der Waals surface area contributed by atoms with Gasteiger partial charge in [-0.1, -0.05) is 17.7 Å². The maximum Gasteiger partial charge on any atom is 0.473 e. The Morgan fingerprint density at radius 3 is 3.17 bits per heavy atom. The Kier molecular flexibility index (Phi) is 4.18. The van der Waals surface area contributed by atoms with Crippen molar-refractivity contribution in [2.24, 2.45) is 5.10 Å². The van der Waals surface area contributed by atoms with E-state index in [1.807, 2.05) is 0 Å². The van der Waals surface area contributed by atoms with Crippen molar-refractivity contribution in [2.75, 3.05) is 13.8 Å². The Bertz CT molecular complexity index is 500. The summed E-state index contributed by atoms with van der Waals surface area (Å²) in [5, 5.41) is 18.0. The molecule has 0 saturated heterocycles. The second-order valence-electron chi connectivity index (χ2n) is 3.65. The first-order valence-electron chi connectivity index (χ1n) is 5.21. The summed E-state index contributed by atoms with van der Waals surface area (Å²) in [5.41, 5.74) is 1.48. The van der Waals surface area contributed by atoms with Crippen molar-refractivity contribution in [3.63, 3.8) is 0 Å². The van der Waals surface area contributed by atoms with E-state index in [1.165, 1.54) is 4.92 Å². The molecule has 8 heteroatoms. The number of rotatable bonds is 2. The fourth-order valence-electron chi connectivity index (χ4n) is 1.59. The molecule has 5 nitrogen and oxygen atoms in total. The van der Waals surface area contributed by atoms with Gasteiger partial charge < -0.3 is 15.1 Å². The topological polar surface area (TPSA) is 57.1 Å². The molecule has 0 bridgehead atoms. The molecule has 0 saturated carbocycles. The van der Waals surface area contributed by atoms with Crippen LogP contribution in [-0.2, 0) is 4.74 Å². The van der Waals surface area contributed by atoms with E-state index < -0.39 is 7.05 Å². The molecule has 1 aliphatic heterocycles. The summed E-state index contributed by atoms with van der Waals surface area (Å²) in [6.07, 6.45) is 1.61. The number of methoxy groups -OCH3 is 1. The zero-order valence-electron chi connectivity index (χ0n) is 9.63. The van der Waals surface area contributed by atoms with Gasteiger partial charge in [-0.25, -0.2) is 0 Å². The van der Waals surface area contributed by atoms with Crippen LogP contribution in [0.4, 0.5) is 0 Å². The average Bonchev–Trinajstić information content (AvgIpc) is 2.36. The molecule has 1 aromatic rings. The van der Waals surface area contributed by atoms with Gasteiger partial charge in [0.2, 0.25) is 0 Å². The summed E-state index contributed by atoms with van der Waals surface area (Å²) >= 11 is 11.0. The molecule has 0 fully saturated rings. The summed E-state index contributed by atoms with van der Waals surface area (Å²) < 4.78 is 4.85. The van der Waals surface area contributed by atoms with Crippen molar-refractivity contribution in [1.82, 2.24) is 10.2 Å². The van der Waals surface area contributed by atoms with Gasteiger partial charge in [-0.2, -0.15) is 5.10 Å². The lowest BCUT2D eigenvalue weighted by atomic mass is 9.70. The van der Waals surface area contributed by atoms with Crippen LogP contribution in [0.1, 0.15) is 5.56 Å². The van der Waals surface area contributed by atoms with Gasteiger partial charge in [0.25, 0.3) is 0 Å². The third kappa shape index (κ3) is 2.64. The van der Waals surface area contributed by atoms with Gasteiger partial charge in [-0.05, 0) is 35.4 Å². The molecule has 1 aliphatic rings. The van der Waals surface area contributed by atoms with Gasteiger partial charge >= 0.3 is 7.05 Å². The molecule has 2 N–H and O–H groups in total.